The minimum absolute atomic E-state index is 0.241. The van der Waals surface area contributed by atoms with Crippen molar-refractivity contribution in [3.05, 3.63) is 65.7 Å². The molecule has 0 spiro atoms. The van der Waals surface area contributed by atoms with Crippen LogP contribution in [0.5, 0.6) is 5.75 Å². The lowest BCUT2D eigenvalue weighted by atomic mass is 10.1. The van der Waals surface area contributed by atoms with Crippen molar-refractivity contribution in [2.24, 2.45) is 0 Å². The summed E-state index contributed by atoms with van der Waals surface area (Å²) >= 11 is 0. The summed E-state index contributed by atoms with van der Waals surface area (Å²) in [5, 5.41) is 8.82. The fraction of sp³-hybridized carbons (Fsp3) is 0.250. The average Bonchev–Trinajstić information content (AvgIpc) is 2.44. The van der Waals surface area contributed by atoms with Crippen LogP contribution in [0.3, 0.4) is 0 Å². The van der Waals surface area contributed by atoms with Crippen molar-refractivity contribution in [1.82, 2.24) is 0 Å². The van der Waals surface area contributed by atoms with Gasteiger partial charge in [-0.3, -0.25) is 0 Å². The number of hydrogen-bond acceptors (Lipinski definition) is 2. The van der Waals surface area contributed by atoms with Crippen molar-refractivity contribution < 1.29 is 9.84 Å². The van der Waals surface area contributed by atoms with E-state index < -0.39 is 0 Å². The number of aliphatic hydroxyl groups is 1. The van der Waals surface area contributed by atoms with E-state index >= 15 is 0 Å². The molecule has 0 atom stereocenters. The van der Waals surface area contributed by atoms with E-state index in [1.54, 1.807) is 0 Å². The van der Waals surface area contributed by atoms with Crippen molar-refractivity contribution in [3.63, 3.8) is 0 Å². The zero-order valence-electron chi connectivity index (χ0n) is 10.4. The minimum atomic E-state index is 0.241. The Labute approximate surface area is 108 Å². The van der Waals surface area contributed by atoms with Gasteiger partial charge >= 0.3 is 0 Å². The summed E-state index contributed by atoms with van der Waals surface area (Å²) in [6.45, 7) is 0.821. The Balaban J connectivity index is 1.93. The summed E-state index contributed by atoms with van der Waals surface area (Å²) in [7, 11) is 0. The zero-order chi connectivity index (χ0) is 12.6. The molecule has 0 radical (unpaired) electrons. The number of hydrogen-bond donors (Lipinski definition) is 1. The second-order valence-electron chi connectivity index (χ2n) is 4.25. The smallest absolute Gasteiger partial charge is 0.119 e. The lowest BCUT2D eigenvalue weighted by Crippen LogP contribution is -1.97. The van der Waals surface area contributed by atoms with Crippen LogP contribution in [0.2, 0.25) is 0 Å². The third-order valence-electron chi connectivity index (χ3n) is 2.76. The molecule has 94 valence electrons. The maximum absolute atomic E-state index is 8.82. The Bertz CT molecular complexity index is 466. The summed E-state index contributed by atoms with van der Waals surface area (Å²) < 4.78 is 5.70. The van der Waals surface area contributed by atoms with Crippen LogP contribution in [0.15, 0.2) is 54.6 Å². The van der Waals surface area contributed by atoms with E-state index in [-0.39, 0.29) is 6.61 Å². The molecule has 18 heavy (non-hydrogen) atoms. The highest BCUT2D eigenvalue weighted by atomic mass is 16.5. The maximum atomic E-state index is 8.82. The molecular weight excluding hydrogens is 224 g/mol. The fourth-order valence-electron chi connectivity index (χ4n) is 1.84. The summed E-state index contributed by atoms with van der Waals surface area (Å²) in [5.74, 6) is 0.887. The van der Waals surface area contributed by atoms with Crippen molar-refractivity contribution >= 4 is 0 Å². The average molecular weight is 242 g/mol. The quantitative estimate of drug-likeness (QED) is 0.843. The van der Waals surface area contributed by atoms with Gasteiger partial charge in [0, 0.05) is 6.61 Å². The Morgan fingerprint density at radius 2 is 1.67 bits per heavy atom. The summed E-state index contributed by atoms with van der Waals surface area (Å²) in [4.78, 5) is 0. The number of benzene rings is 2. The van der Waals surface area contributed by atoms with Gasteiger partial charge in [-0.05, 0) is 36.1 Å². The first kappa shape index (κ1) is 12.7. The molecule has 0 heterocycles. The number of aliphatic hydroxyl groups excluding tert-OH is 1. The van der Waals surface area contributed by atoms with E-state index in [0.717, 1.165) is 24.2 Å². The highest BCUT2D eigenvalue weighted by molar-refractivity contribution is 5.25. The van der Waals surface area contributed by atoms with Crippen LogP contribution in [-0.4, -0.2) is 11.7 Å². The van der Waals surface area contributed by atoms with Crippen LogP contribution in [0.1, 0.15) is 17.5 Å². The number of aryl methyl sites for hydroxylation is 1. The molecule has 2 aromatic rings. The molecule has 2 aromatic carbocycles. The third kappa shape index (κ3) is 3.90. The molecular formula is C16H18O2. The Kier molecular flexibility index (Phi) is 4.79. The third-order valence-corrected chi connectivity index (χ3v) is 2.76. The van der Waals surface area contributed by atoms with E-state index in [9.17, 15) is 0 Å². The topological polar surface area (TPSA) is 29.5 Å². The molecule has 0 unspecified atom stereocenters. The van der Waals surface area contributed by atoms with Crippen LogP contribution in [0.4, 0.5) is 0 Å². The van der Waals surface area contributed by atoms with E-state index in [4.69, 9.17) is 9.84 Å². The molecule has 0 aliphatic carbocycles. The van der Waals surface area contributed by atoms with Crippen LogP contribution in [0, 0.1) is 0 Å². The van der Waals surface area contributed by atoms with E-state index in [0.29, 0.717) is 6.61 Å². The normalized spacial score (nSPS) is 10.3. The Morgan fingerprint density at radius 1 is 0.889 bits per heavy atom. The predicted molar refractivity (Wildman–Crippen MR) is 72.6 cm³/mol. The molecule has 0 fully saturated rings. The van der Waals surface area contributed by atoms with Crippen molar-refractivity contribution in [1.29, 1.82) is 0 Å². The van der Waals surface area contributed by atoms with Crippen LogP contribution in [-0.2, 0) is 13.0 Å². The first-order valence-corrected chi connectivity index (χ1v) is 6.25. The SMILES string of the molecule is OCCCc1cccc(COc2ccccc2)c1. The first-order chi connectivity index (χ1) is 8.88. The molecule has 0 aliphatic heterocycles. The monoisotopic (exact) mass is 242 g/mol. The molecule has 2 rings (SSSR count). The summed E-state index contributed by atoms with van der Waals surface area (Å²) in [6.07, 6.45) is 1.72. The molecule has 0 bridgehead atoms. The minimum Gasteiger partial charge on any atom is -0.489 e. The number of rotatable bonds is 6. The van der Waals surface area contributed by atoms with Gasteiger partial charge in [0.1, 0.15) is 12.4 Å². The largest absolute Gasteiger partial charge is 0.489 e. The number of para-hydroxylation sites is 1. The molecule has 0 aromatic heterocycles. The predicted octanol–water partition coefficient (Wildman–Crippen LogP) is 3.19. The van der Waals surface area contributed by atoms with Crippen molar-refractivity contribution in [2.75, 3.05) is 6.61 Å². The van der Waals surface area contributed by atoms with Gasteiger partial charge in [0.25, 0.3) is 0 Å². The number of ether oxygens (including phenoxy) is 1. The molecule has 0 saturated heterocycles. The summed E-state index contributed by atoms with van der Waals surface area (Å²) in [5.41, 5.74) is 2.41. The standard InChI is InChI=1S/C16H18O2/c17-11-5-8-14-6-4-7-15(12-14)13-18-16-9-2-1-3-10-16/h1-4,6-7,9-10,12,17H,5,8,11,13H2. The lowest BCUT2D eigenvalue weighted by molar-refractivity contribution is 0.288. The molecule has 2 nitrogen and oxygen atoms in total. The molecule has 0 aliphatic rings. The van der Waals surface area contributed by atoms with Gasteiger partial charge in [0.15, 0.2) is 0 Å². The molecule has 0 saturated carbocycles. The molecule has 2 heteroatoms. The maximum Gasteiger partial charge on any atom is 0.119 e. The van der Waals surface area contributed by atoms with Crippen LogP contribution in [0.25, 0.3) is 0 Å². The van der Waals surface area contributed by atoms with E-state index in [2.05, 4.69) is 18.2 Å². The van der Waals surface area contributed by atoms with Gasteiger partial charge in [-0.2, -0.15) is 0 Å². The Hall–Kier alpha value is -1.80. The molecule has 0 amide bonds. The summed E-state index contributed by atoms with van der Waals surface area (Å²) in [6, 6.07) is 18.1. The Morgan fingerprint density at radius 3 is 2.44 bits per heavy atom. The fourth-order valence-corrected chi connectivity index (χ4v) is 1.84. The van der Waals surface area contributed by atoms with Gasteiger partial charge in [0.05, 0.1) is 0 Å². The van der Waals surface area contributed by atoms with Crippen LogP contribution >= 0.6 is 0 Å². The lowest BCUT2D eigenvalue weighted by Gasteiger charge is -2.07. The highest BCUT2D eigenvalue weighted by Crippen LogP contribution is 2.13. The van der Waals surface area contributed by atoms with Gasteiger partial charge in [-0.15, -0.1) is 0 Å². The van der Waals surface area contributed by atoms with Gasteiger partial charge in [-0.25, -0.2) is 0 Å². The van der Waals surface area contributed by atoms with Crippen LogP contribution < -0.4 is 4.74 Å². The second kappa shape index (κ2) is 6.82. The van der Waals surface area contributed by atoms with E-state index in [1.807, 2.05) is 36.4 Å². The van der Waals surface area contributed by atoms with Gasteiger partial charge in [-0.1, -0.05) is 42.5 Å². The van der Waals surface area contributed by atoms with E-state index in [1.165, 1.54) is 5.56 Å². The second-order valence-corrected chi connectivity index (χ2v) is 4.25. The van der Waals surface area contributed by atoms with Gasteiger partial charge < -0.3 is 9.84 Å². The van der Waals surface area contributed by atoms with Crippen molar-refractivity contribution in [3.8, 4) is 5.75 Å². The van der Waals surface area contributed by atoms with Crippen molar-refractivity contribution in [2.45, 2.75) is 19.4 Å². The highest BCUT2D eigenvalue weighted by Gasteiger charge is 1.98. The molecule has 1 N–H and O–H groups in total. The first-order valence-electron chi connectivity index (χ1n) is 6.25. The van der Waals surface area contributed by atoms with Gasteiger partial charge in [0.2, 0.25) is 0 Å². The zero-order valence-corrected chi connectivity index (χ0v) is 10.4.